The molecule has 2 heterocycles. The fourth-order valence-corrected chi connectivity index (χ4v) is 4.28. The third kappa shape index (κ3) is 4.72. The first-order valence-corrected chi connectivity index (χ1v) is 11.5. The van der Waals surface area contributed by atoms with Gasteiger partial charge in [-0.1, -0.05) is 30.3 Å². The lowest BCUT2D eigenvalue weighted by Crippen LogP contribution is -2.32. The fraction of sp³-hybridized carbons (Fsp3) is 0.0741. The second kappa shape index (κ2) is 9.97. The standard InChI is InChI=1S/C27H21FN6O4/c1-16-23(27(36)32-19-7-3-2-4-8-19)24(17-6-5-9-21(14-17)34(37)38)33-25(30-16)22(15-29-33)26(35)31-20-12-10-18(28)11-13-20/h2-15,24,30H,1H3,(H,31,35)(H,32,36)/t24-/m1/s1. The molecule has 38 heavy (non-hydrogen) atoms. The van der Waals surface area contributed by atoms with Crippen LogP contribution in [0.3, 0.4) is 0 Å². The number of nitro benzene ring substituents is 1. The third-order valence-corrected chi connectivity index (χ3v) is 6.04. The molecule has 1 aromatic heterocycles. The minimum Gasteiger partial charge on any atom is -0.343 e. The summed E-state index contributed by atoms with van der Waals surface area (Å²) in [5, 5.41) is 24.5. The summed E-state index contributed by atoms with van der Waals surface area (Å²) in [5.41, 5.74) is 2.14. The van der Waals surface area contributed by atoms with Crippen LogP contribution in [0.4, 0.5) is 27.3 Å². The van der Waals surface area contributed by atoms with Gasteiger partial charge in [0.15, 0.2) is 0 Å². The molecule has 0 saturated heterocycles. The van der Waals surface area contributed by atoms with Gasteiger partial charge in [-0.15, -0.1) is 0 Å². The molecule has 4 aromatic rings. The number of non-ortho nitro benzene ring substituents is 1. The van der Waals surface area contributed by atoms with Crippen molar-refractivity contribution >= 4 is 34.7 Å². The highest BCUT2D eigenvalue weighted by Gasteiger charge is 2.36. The molecular formula is C27H21FN6O4. The topological polar surface area (TPSA) is 131 Å². The van der Waals surface area contributed by atoms with Gasteiger partial charge in [-0.05, 0) is 48.9 Å². The van der Waals surface area contributed by atoms with E-state index in [2.05, 4.69) is 21.0 Å². The van der Waals surface area contributed by atoms with Crippen LogP contribution >= 0.6 is 0 Å². The van der Waals surface area contributed by atoms with Crippen LogP contribution in [0.1, 0.15) is 28.9 Å². The average Bonchev–Trinajstić information content (AvgIpc) is 3.33. The molecule has 0 saturated carbocycles. The average molecular weight is 513 g/mol. The summed E-state index contributed by atoms with van der Waals surface area (Å²) >= 11 is 0. The summed E-state index contributed by atoms with van der Waals surface area (Å²) in [5.74, 6) is -1.08. The number of halogens is 1. The first kappa shape index (κ1) is 24.4. The van der Waals surface area contributed by atoms with Crippen molar-refractivity contribution in [3.8, 4) is 0 Å². The smallest absolute Gasteiger partial charge is 0.269 e. The van der Waals surface area contributed by atoms with E-state index in [1.165, 1.54) is 53.3 Å². The highest BCUT2D eigenvalue weighted by atomic mass is 19.1. The van der Waals surface area contributed by atoms with Gasteiger partial charge in [0.2, 0.25) is 0 Å². The first-order valence-electron chi connectivity index (χ1n) is 11.5. The number of para-hydroxylation sites is 1. The largest absolute Gasteiger partial charge is 0.343 e. The van der Waals surface area contributed by atoms with Crippen LogP contribution in [0.2, 0.25) is 0 Å². The Morgan fingerprint density at radius 1 is 0.974 bits per heavy atom. The number of carbonyl (C=O) groups excluding carboxylic acids is 2. The van der Waals surface area contributed by atoms with Crippen molar-refractivity contribution in [1.82, 2.24) is 9.78 Å². The molecule has 2 amide bonds. The van der Waals surface area contributed by atoms with Crippen molar-refractivity contribution in [3.05, 3.63) is 123 Å². The second-order valence-electron chi connectivity index (χ2n) is 8.55. The zero-order chi connectivity index (χ0) is 26.8. The molecule has 0 bridgehead atoms. The van der Waals surface area contributed by atoms with Gasteiger partial charge in [0.25, 0.3) is 17.5 Å². The predicted molar refractivity (Wildman–Crippen MR) is 139 cm³/mol. The fourth-order valence-electron chi connectivity index (χ4n) is 4.28. The molecule has 0 aliphatic carbocycles. The lowest BCUT2D eigenvalue weighted by molar-refractivity contribution is -0.384. The van der Waals surface area contributed by atoms with Gasteiger partial charge in [0, 0.05) is 29.2 Å². The van der Waals surface area contributed by atoms with E-state index in [1.54, 1.807) is 37.3 Å². The minimum absolute atomic E-state index is 0.149. The Kier molecular flexibility index (Phi) is 6.40. The molecule has 0 radical (unpaired) electrons. The SMILES string of the molecule is CC1=C(C(=O)Nc2ccccc2)[C@@H](c2cccc([N+](=O)[O-])c2)n2ncc(C(=O)Nc3ccc(F)cc3)c2N1. The molecule has 0 unspecified atom stereocenters. The van der Waals surface area contributed by atoms with Crippen LogP contribution in [-0.4, -0.2) is 26.5 Å². The van der Waals surface area contributed by atoms with Gasteiger partial charge in [-0.2, -0.15) is 5.10 Å². The summed E-state index contributed by atoms with van der Waals surface area (Å²) in [4.78, 5) is 37.6. The summed E-state index contributed by atoms with van der Waals surface area (Å²) in [6, 6.07) is 19.2. The first-order chi connectivity index (χ1) is 18.3. The number of nitro groups is 1. The number of fused-ring (bicyclic) bond motifs is 1. The van der Waals surface area contributed by atoms with Crippen molar-refractivity contribution in [1.29, 1.82) is 0 Å². The number of hydrogen-bond acceptors (Lipinski definition) is 6. The van der Waals surface area contributed by atoms with Crippen molar-refractivity contribution in [2.24, 2.45) is 0 Å². The Morgan fingerprint density at radius 2 is 1.66 bits per heavy atom. The molecule has 5 rings (SSSR count). The van der Waals surface area contributed by atoms with E-state index >= 15 is 0 Å². The van der Waals surface area contributed by atoms with Gasteiger partial charge in [-0.3, -0.25) is 19.7 Å². The number of allylic oxidation sites excluding steroid dienone is 1. The number of anilines is 3. The van der Waals surface area contributed by atoms with Crippen molar-refractivity contribution in [2.75, 3.05) is 16.0 Å². The van der Waals surface area contributed by atoms with Gasteiger partial charge in [0.05, 0.1) is 16.7 Å². The normalized spacial score (nSPS) is 14.3. The molecule has 1 atom stereocenters. The van der Waals surface area contributed by atoms with E-state index in [0.717, 1.165) is 0 Å². The molecule has 1 aliphatic rings. The van der Waals surface area contributed by atoms with E-state index in [1.807, 2.05) is 6.07 Å². The summed E-state index contributed by atoms with van der Waals surface area (Å²) < 4.78 is 14.7. The van der Waals surface area contributed by atoms with E-state index in [9.17, 15) is 24.1 Å². The summed E-state index contributed by atoms with van der Waals surface area (Å²) in [7, 11) is 0. The van der Waals surface area contributed by atoms with Crippen molar-refractivity contribution in [2.45, 2.75) is 13.0 Å². The van der Waals surface area contributed by atoms with E-state index in [4.69, 9.17) is 0 Å². The van der Waals surface area contributed by atoms with Gasteiger partial charge >= 0.3 is 0 Å². The van der Waals surface area contributed by atoms with Crippen LogP contribution in [0.5, 0.6) is 0 Å². The molecule has 3 N–H and O–H groups in total. The molecule has 1 aliphatic heterocycles. The monoisotopic (exact) mass is 512 g/mol. The molecule has 10 nitrogen and oxygen atoms in total. The number of carbonyl (C=O) groups is 2. The summed E-state index contributed by atoms with van der Waals surface area (Å²) in [6.45, 7) is 1.68. The lowest BCUT2D eigenvalue weighted by Gasteiger charge is -2.30. The maximum atomic E-state index is 13.5. The Morgan fingerprint density at radius 3 is 2.37 bits per heavy atom. The Hall–Kier alpha value is -5.32. The maximum Gasteiger partial charge on any atom is 0.269 e. The van der Waals surface area contributed by atoms with Crippen LogP contribution in [0.15, 0.2) is 96.3 Å². The highest BCUT2D eigenvalue weighted by Crippen LogP contribution is 2.38. The van der Waals surface area contributed by atoms with Gasteiger partial charge in [-0.25, -0.2) is 9.07 Å². The Bertz CT molecular complexity index is 1580. The molecule has 11 heteroatoms. The van der Waals surface area contributed by atoms with Crippen molar-refractivity contribution < 1.29 is 18.9 Å². The van der Waals surface area contributed by atoms with Crippen LogP contribution in [0, 0.1) is 15.9 Å². The summed E-state index contributed by atoms with van der Waals surface area (Å²) in [6.07, 6.45) is 1.34. The minimum atomic E-state index is -0.873. The molecule has 190 valence electrons. The number of benzene rings is 3. The number of rotatable bonds is 6. The zero-order valence-corrected chi connectivity index (χ0v) is 20.0. The van der Waals surface area contributed by atoms with Crippen LogP contribution in [-0.2, 0) is 4.79 Å². The molecule has 0 fully saturated rings. The highest BCUT2D eigenvalue weighted by molar-refractivity contribution is 6.09. The number of nitrogens with zero attached hydrogens (tertiary/aromatic N) is 3. The van der Waals surface area contributed by atoms with Crippen molar-refractivity contribution in [3.63, 3.8) is 0 Å². The number of aromatic nitrogens is 2. The van der Waals surface area contributed by atoms with E-state index in [0.29, 0.717) is 28.5 Å². The third-order valence-electron chi connectivity index (χ3n) is 6.04. The molecular weight excluding hydrogens is 491 g/mol. The Labute approximate surface area is 215 Å². The van der Waals surface area contributed by atoms with Crippen LogP contribution < -0.4 is 16.0 Å². The van der Waals surface area contributed by atoms with Gasteiger partial charge < -0.3 is 16.0 Å². The predicted octanol–water partition coefficient (Wildman–Crippen LogP) is 5.11. The lowest BCUT2D eigenvalue weighted by atomic mass is 9.94. The second-order valence-corrected chi connectivity index (χ2v) is 8.55. The van der Waals surface area contributed by atoms with Crippen LogP contribution in [0.25, 0.3) is 0 Å². The Balaban J connectivity index is 1.57. The van der Waals surface area contributed by atoms with E-state index in [-0.39, 0.29) is 16.8 Å². The number of amides is 2. The zero-order valence-electron chi connectivity index (χ0n) is 20.0. The quantitative estimate of drug-likeness (QED) is 0.243. The molecule has 3 aromatic carbocycles. The van der Waals surface area contributed by atoms with E-state index < -0.39 is 28.6 Å². The molecule has 0 spiro atoms. The number of nitrogens with one attached hydrogen (secondary N) is 3. The maximum absolute atomic E-state index is 13.5. The number of hydrogen-bond donors (Lipinski definition) is 3. The van der Waals surface area contributed by atoms with Gasteiger partial charge in [0.1, 0.15) is 23.2 Å².